The maximum atomic E-state index is 5.56. The van der Waals surface area contributed by atoms with Crippen molar-refractivity contribution >= 4 is 0 Å². The average Bonchev–Trinajstić information content (AvgIpc) is 2.69. The fourth-order valence-corrected chi connectivity index (χ4v) is 1.34. The van der Waals surface area contributed by atoms with E-state index >= 15 is 0 Å². The largest absolute Gasteiger partial charge is 0.487 e. The van der Waals surface area contributed by atoms with Gasteiger partial charge in [0.05, 0.1) is 0 Å². The van der Waals surface area contributed by atoms with E-state index in [1.54, 1.807) is 0 Å². The highest BCUT2D eigenvalue weighted by Crippen LogP contribution is 2.10. The van der Waals surface area contributed by atoms with E-state index in [-0.39, 0.29) is 0 Å². The molecule has 0 amide bonds. The van der Waals surface area contributed by atoms with Crippen molar-refractivity contribution in [2.75, 3.05) is 13.2 Å². The first kappa shape index (κ1) is 8.17. The van der Waals surface area contributed by atoms with Gasteiger partial charge >= 0.3 is 0 Å². The Kier molecular flexibility index (Phi) is 2.51. The molecule has 2 rings (SSSR count). The van der Waals surface area contributed by atoms with E-state index in [2.05, 4.69) is 11.4 Å². The van der Waals surface area contributed by atoms with Crippen molar-refractivity contribution in [2.24, 2.45) is 0 Å². The summed E-state index contributed by atoms with van der Waals surface area (Å²) < 4.78 is 5.56. The summed E-state index contributed by atoms with van der Waals surface area (Å²) in [7, 11) is 0. The smallest absolute Gasteiger partial charge is 0.127 e. The maximum Gasteiger partial charge on any atom is 0.127 e. The lowest BCUT2D eigenvalue weighted by atomic mass is 10.3. The Morgan fingerprint density at radius 2 is 2.08 bits per heavy atom. The zero-order valence-corrected chi connectivity index (χ0v) is 7.49. The van der Waals surface area contributed by atoms with E-state index in [0.717, 1.165) is 18.7 Å². The van der Waals surface area contributed by atoms with Crippen molar-refractivity contribution in [2.45, 2.75) is 6.42 Å². The lowest BCUT2D eigenvalue weighted by Gasteiger charge is -2.06. The SMILES string of the molecule is C1=C(COc2ccccc2)NCC1. The van der Waals surface area contributed by atoms with Crippen LogP contribution < -0.4 is 10.1 Å². The molecule has 0 saturated heterocycles. The quantitative estimate of drug-likeness (QED) is 0.758. The zero-order chi connectivity index (χ0) is 8.93. The van der Waals surface area contributed by atoms with E-state index in [1.165, 1.54) is 5.70 Å². The summed E-state index contributed by atoms with van der Waals surface area (Å²) in [5.74, 6) is 0.928. The van der Waals surface area contributed by atoms with Crippen LogP contribution in [0.5, 0.6) is 5.75 Å². The Balaban J connectivity index is 1.86. The molecule has 2 heteroatoms. The number of hydrogen-bond acceptors (Lipinski definition) is 2. The molecule has 1 aliphatic heterocycles. The van der Waals surface area contributed by atoms with E-state index in [4.69, 9.17) is 4.74 Å². The molecule has 0 aromatic heterocycles. The van der Waals surface area contributed by atoms with Gasteiger partial charge in [0, 0.05) is 12.2 Å². The predicted molar refractivity (Wildman–Crippen MR) is 52.6 cm³/mol. The second-order valence-corrected chi connectivity index (χ2v) is 3.05. The van der Waals surface area contributed by atoms with Gasteiger partial charge in [-0.25, -0.2) is 0 Å². The molecule has 2 nitrogen and oxygen atoms in total. The molecule has 1 aliphatic rings. The first-order valence-electron chi connectivity index (χ1n) is 4.56. The van der Waals surface area contributed by atoms with Gasteiger partial charge in [0.15, 0.2) is 0 Å². The summed E-state index contributed by atoms with van der Waals surface area (Å²) in [6.07, 6.45) is 3.30. The summed E-state index contributed by atoms with van der Waals surface area (Å²) in [5.41, 5.74) is 1.20. The van der Waals surface area contributed by atoms with Gasteiger partial charge in [0.2, 0.25) is 0 Å². The first-order chi connectivity index (χ1) is 6.45. The molecule has 13 heavy (non-hydrogen) atoms. The fourth-order valence-electron chi connectivity index (χ4n) is 1.34. The average molecular weight is 175 g/mol. The standard InChI is InChI=1S/C11H13NO/c1-2-6-11(7-3-1)13-9-10-5-4-8-12-10/h1-3,5-7,12H,4,8-9H2. The van der Waals surface area contributed by atoms with Crippen LogP contribution in [0.4, 0.5) is 0 Å². The maximum absolute atomic E-state index is 5.56. The summed E-state index contributed by atoms with van der Waals surface area (Å²) in [6.45, 7) is 1.71. The summed E-state index contributed by atoms with van der Waals surface area (Å²) in [6, 6.07) is 9.88. The van der Waals surface area contributed by atoms with E-state index in [0.29, 0.717) is 6.61 Å². The minimum absolute atomic E-state index is 0.657. The monoisotopic (exact) mass is 175 g/mol. The first-order valence-corrected chi connectivity index (χ1v) is 4.56. The molecule has 1 N–H and O–H groups in total. The number of ether oxygens (including phenoxy) is 1. The van der Waals surface area contributed by atoms with Crippen molar-refractivity contribution in [1.29, 1.82) is 0 Å². The molecule has 0 saturated carbocycles. The van der Waals surface area contributed by atoms with Crippen LogP contribution in [0, 0.1) is 0 Å². The third-order valence-corrected chi connectivity index (χ3v) is 2.02. The topological polar surface area (TPSA) is 21.3 Å². The zero-order valence-electron chi connectivity index (χ0n) is 7.49. The molecule has 0 radical (unpaired) electrons. The third kappa shape index (κ3) is 2.25. The van der Waals surface area contributed by atoms with Crippen molar-refractivity contribution in [3.8, 4) is 5.75 Å². The molecule has 1 aromatic rings. The summed E-state index contributed by atoms with van der Waals surface area (Å²) in [5, 5.41) is 3.26. The lowest BCUT2D eigenvalue weighted by Crippen LogP contribution is -2.13. The van der Waals surface area contributed by atoms with Crippen molar-refractivity contribution in [3.63, 3.8) is 0 Å². The van der Waals surface area contributed by atoms with Gasteiger partial charge in [-0.2, -0.15) is 0 Å². The minimum atomic E-state index is 0.657. The predicted octanol–water partition coefficient (Wildman–Crippen LogP) is 1.94. The molecule has 0 fully saturated rings. The Hall–Kier alpha value is -1.44. The molecular weight excluding hydrogens is 162 g/mol. The second-order valence-electron chi connectivity index (χ2n) is 3.05. The molecule has 68 valence electrons. The Morgan fingerprint density at radius 3 is 2.77 bits per heavy atom. The normalized spacial score (nSPS) is 14.9. The van der Waals surface area contributed by atoms with Crippen molar-refractivity contribution in [1.82, 2.24) is 5.32 Å². The number of benzene rings is 1. The Morgan fingerprint density at radius 1 is 1.23 bits per heavy atom. The van der Waals surface area contributed by atoms with E-state index in [9.17, 15) is 0 Å². The van der Waals surface area contributed by atoms with Crippen LogP contribution in [0.1, 0.15) is 6.42 Å². The highest BCUT2D eigenvalue weighted by Gasteiger charge is 2.02. The number of para-hydroxylation sites is 1. The van der Waals surface area contributed by atoms with E-state index in [1.807, 2.05) is 30.3 Å². The molecule has 0 bridgehead atoms. The van der Waals surface area contributed by atoms with Crippen LogP contribution in [0.2, 0.25) is 0 Å². The van der Waals surface area contributed by atoms with Crippen LogP contribution in [0.25, 0.3) is 0 Å². The fraction of sp³-hybridized carbons (Fsp3) is 0.273. The van der Waals surface area contributed by atoms with Crippen molar-refractivity contribution < 1.29 is 4.74 Å². The molecule has 0 unspecified atom stereocenters. The van der Waals surface area contributed by atoms with Gasteiger partial charge in [0.25, 0.3) is 0 Å². The van der Waals surface area contributed by atoms with Gasteiger partial charge in [-0.3, -0.25) is 0 Å². The van der Waals surface area contributed by atoms with Crippen LogP contribution in [-0.4, -0.2) is 13.2 Å². The number of nitrogens with one attached hydrogen (secondary N) is 1. The number of hydrogen-bond donors (Lipinski definition) is 1. The molecule has 0 spiro atoms. The van der Waals surface area contributed by atoms with Crippen LogP contribution in [0.15, 0.2) is 42.1 Å². The Labute approximate surface area is 78.2 Å². The molecular formula is C11H13NO. The van der Waals surface area contributed by atoms with Gasteiger partial charge in [-0.05, 0) is 18.6 Å². The molecule has 1 aromatic carbocycles. The molecule has 0 atom stereocenters. The Bertz CT molecular complexity index is 292. The summed E-state index contributed by atoms with van der Waals surface area (Å²) >= 11 is 0. The molecule has 1 heterocycles. The van der Waals surface area contributed by atoms with E-state index < -0.39 is 0 Å². The highest BCUT2D eigenvalue weighted by molar-refractivity contribution is 5.22. The van der Waals surface area contributed by atoms with Crippen LogP contribution in [-0.2, 0) is 0 Å². The minimum Gasteiger partial charge on any atom is -0.487 e. The molecule has 0 aliphatic carbocycles. The van der Waals surface area contributed by atoms with Gasteiger partial charge in [0.1, 0.15) is 12.4 Å². The van der Waals surface area contributed by atoms with Crippen LogP contribution >= 0.6 is 0 Å². The van der Waals surface area contributed by atoms with Gasteiger partial charge in [-0.15, -0.1) is 0 Å². The second kappa shape index (κ2) is 3.99. The van der Waals surface area contributed by atoms with Crippen LogP contribution in [0.3, 0.4) is 0 Å². The van der Waals surface area contributed by atoms with Gasteiger partial charge in [-0.1, -0.05) is 24.3 Å². The van der Waals surface area contributed by atoms with Crippen molar-refractivity contribution in [3.05, 3.63) is 42.1 Å². The number of rotatable bonds is 3. The van der Waals surface area contributed by atoms with Gasteiger partial charge < -0.3 is 10.1 Å². The third-order valence-electron chi connectivity index (χ3n) is 2.02. The lowest BCUT2D eigenvalue weighted by molar-refractivity contribution is 0.345. The summed E-state index contributed by atoms with van der Waals surface area (Å²) in [4.78, 5) is 0. The highest BCUT2D eigenvalue weighted by atomic mass is 16.5.